The van der Waals surface area contributed by atoms with E-state index in [1.54, 1.807) is 7.11 Å². The summed E-state index contributed by atoms with van der Waals surface area (Å²) in [6, 6.07) is 8.11. The van der Waals surface area contributed by atoms with Gasteiger partial charge < -0.3 is 38.3 Å². The summed E-state index contributed by atoms with van der Waals surface area (Å²) < 4.78 is 6.40. The van der Waals surface area contributed by atoms with Crippen LogP contribution in [0.25, 0.3) is 10.9 Å². The van der Waals surface area contributed by atoms with Crippen molar-refractivity contribution in [2.75, 3.05) is 26.7 Å². The zero-order valence-electron chi connectivity index (χ0n) is 16.1. The number of hydrogen-bond acceptors (Lipinski definition) is 3. The Morgan fingerprint density at radius 3 is 2.93 bits per heavy atom. The zero-order chi connectivity index (χ0) is 18.3. The third kappa shape index (κ3) is 3.38. The fourth-order valence-corrected chi connectivity index (χ4v) is 5.38. The fraction of sp³-hybridized carbons (Fsp3) is 0.500. The Bertz CT molecular complexity index is 827. The van der Waals surface area contributed by atoms with Gasteiger partial charge in [0.05, 0.1) is 32.3 Å². The summed E-state index contributed by atoms with van der Waals surface area (Å²) >= 11 is 0. The number of halogens is 1. The molecule has 0 aliphatic carbocycles. The number of methoxy groups -OCH3 is 1. The van der Waals surface area contributed by atoms with E-state index in [4.69, 9.17) is 4.74 Å². The minimum absolute atomic E-state index is 0. The van der Waals surface area contributed by atoms with Crippen LogP contribution in [0.1, 0.15) is 31.4 Å². The largest absolute Gasteiger partial charge is 1.00 e. The molecule has 1 aromatic carbocycles. The predicted molar refractivity (Wildman–Crippen MR) is 104 cm³/mol. The van der Waals surface area contributed by atoms with Gasteiger partial charge in [0.1, 0.15) is 17.9 Å². The number of nitrogens with zero attached hydrogens (tertiary/aromatic N) is 2. The number of likely N-dealkylation sites (N-methyl/N-ethyl adjacent to an activating group) is 1. The molecule has 4 heterocycles. The van der Waals surface area contributed by atoms with Crippen LogP contribution in [0.5, 0.6) is 5.75 Å². The standard InChI is InChI=1S/C22H29N2O2.HI/c1-4-15-14-24(5-2)11-9-16(15)12-21(24)22(25)18-8-10-23-20-7-6-17(26-3)13-19(18)20;/h4,6-8,10,13,15-16,21-22,25H,1,5,9,11-12,14H2,2-3H3;1H/q+1;/p-1/t15-,16?,21+,22-,24?;/m0./s1. The number of fused-ring (bicyclic) bond motifs is 4. The van der Waals surface area contributed by atoms with Gasteiger partial charge in [-0.05, 0) is 42.7 Å². The van der Waals surface area contributed by atoms with Crippen LogP contribution in [0.15, 0.2) is 43.1 Å². The van der Waals surface area contributed by atoms with Gasteiger partial charge >= 0.3 is 0 Å². The number of ether oxygens (including phenoxy) is 1. The van der Waals surface area contributed by atoms with Crippen molar-refractivity contribution in [1.82, 2.24) is 4.98 Å². The number of rotatable bonds is 5. The highest BCUT2D eigenvalue weighted by Gasteiger charge is 2.53. The van der Waals surface area contributed by atoms with Crippen LogP contribution in [0.4, 0.5) is 0 Å². The molecule has 5 heteroatoms. The van der Waals surface area contributed by atoms with E-state index in [0.717, 1.165) is 46.2 Å². The van der Waals surface area contributed by atoms with Crippen molar-refractivity contribution in [3.8, 4) is 5.75 Å². The molecule has 3 fully saturated rings. The second kappa shape index (κ2) is 8.05. The van der Waals surface area contributed by atoms with E-state index in [-0.39, 0.29) is 30.0 Å². The average molecular weight is 480 g/mol. The van der Waals surface area contributed by atoms with Gasteiger partial charge in [-0.1, -0.05) is 6.08 Å². The summed E-state index contributed by atoms with van der Waals surface area (Å²) in [6.45, 7) is 9.66. The number of quaternary nitrogens is 1. The van der Waals surface area contributed by atoms with Crippen molar-refractivity contribution in [1.29, 1.82) is 0 Å². The van der Waals surface area contributed by atoms with Crippen LogP contribution >= 0.6 is 0 Å². The lowest BCUT2D eigenvalue weighted by molar-refractivity contribution is -0.971. The predicted octanol–water partition coefficient (Wildman–Crippen LogP) is 0.712. The lowest BCUT2D eigenvalue weighted by Crippen LogP contribution is -3.00. The molecule has 1 aromatic heterocycles. The summed E-state index contributed by atoms with van der Waals surface area (Å²) in [5.74, 6) is 2.04. The SMILES string of the molecule is C=C[C@H]1C[N+]2(CC)CCC1C[C@@H]2[C@@H](O)c1ccnc2ccc(OC)cc12.[I-]. The van der Waals surface area contributed by atoms with Crippen LogP contribution < -0.4 is 28.7 Å². The minimum atomic E-state index is -0.485. The summed E-state index contributed by atoms with van der Waals surface area (Å²) in [5.41, 5.74) is 1.89. The van der Waals surface area contributed by atoms with Gasteiger partial charge in [0.25, 0.3) is 0 Å². The topological polar surface area (TPSA) is 42.4 Å². The van der Waals surface area contributed by atoms with E-state index in [1.165, 1.54) is 13.0 Å². The first-order valence-corrected chi connectivity index (χ1v) is 9.71. The maximum absolute atomic E-state index is 11.5. The highest BCUT2D eigenvalue weighted by Crippen LogP contribution is 2.46. The second-order valence-electron chi connectivity index (χ2n) is 7.92. The number of piperidine rings is 3. The van der Waals surface area contributed by atoms with Gasteiger partial charge in [0.15, 0.2) is 0 Å². The molecule has 5 rings (SSSR count). The molecule has 5 atom stereocenters. The lowest BCUT2D eigenvalue weighted by Gasteiger charge is -2.57. The minimum Gasteiger partial charge on any atom is -1.00 e. The van der Waals surface area contributed by atoms with Crippen LogP contribution in [0, 0.1) is 11.8 Å². The van der Waals surface area contributed by atoms with Crippen LogP contribution in [0.2, 0.25) is 0 Å². The first kappa shape index (κ1) is 20.6. The average Bonchev–Trinajstić information content (AvgIpc) is 2.72. The van der Waals surface area contributed by atoms with Crippen molar-refractivity contribution in [2.24, 2.45) is 11.8 Å². The van der Waals surface area contributed by atoms with Gasteiger partial charge in [0.2, 0.25) is 0 Å². The van der Waals surface area contributed by atoms with E-state index in [2.05, 4.69) is 24.6 Å². The Balaban J connectivity index is 0.00000210. The molecule has 1 N–H and O–H groups in total. The van der Waals surface area contributed by atoms with Gasteiger partial charge in [-0.2, -0.15) is 0 Å². The van der Waals surface area contributed by atoms with Crippen molar-refractivity contribution < 1.29 is 38.3 Å². The monoisotopic (exact) mass is 480 g/mol. The third-order valence-electron chi connectivity index (χ3n) is 6.97. The highest BCUT2D eigenvalue weighted by atomic mass is 127. The summed E-state index contributed by atoms with van der Waals surface area (Å²) in [6.07, 6.45) is 5.79. The maximum atomic E-state index is 11.5. The first-order chi connectivity index (χ1) is 12.6. The molecule has 0 radical (unpaired) electrons. The normalized spacial score (nSPS) is 30.6. The van der Waals surface area contributed by atoms with Crippen LogP contribution in [-0.4, -0.2) is 47.4 Å². The first-order valence-electron chi connectivity index (χ1n) is 9.71. The van der Waals surface area contributed by atoms with Crippen molar-refractivity contribution >= 4 is 10.9 Å². The van der Waals surface area contributed by atoms with E-state index in [9.17, 15) is 5.11 Å². The van der Waals surface area contributed by atoms with Crippen LogP contribution in [-0.2, 0) is 0 Å². The number of aromatic nitrogens is 1. The van der Waals surface area contributed by atoms with E-state index in [1.807, 2.05) is 30.5 Å². The lowest BCUT2D eigenvalue weighted by atomic mass is 9.71. The van der Waals surface area contributed by atoms with Gasteiger partial charge in [-0.15, -0.1) is 6.58 Å². The molecule has 2 aromatic rings. The van der Waals surface area contributed by atoms with E-state index in [0.29, 0.717) is 11.8 Å². The Hall–Kier alpha value is -1.18. The van der Waals surface area contributed by atoms with E-state index >= 15 is 0 Å². The van der Waals surface area contributed by atoms with Crippen LogP contribution in [0.3, 0.4) is 0 Å². The van der Waals surface area contributed by atoms with Crippen molar-refractivity contribution in [3.63, 3.8) is 0 Å². The molecule has 0 saturated carbocycles. The molecule has 27 heavy (non-hydrogen) atoms. The van der Waals surface area contributed by atoms with Gasteiger partial charge in [-0.25, -0.2) is 0 Å². The molecule has 3 aliphatic heterocycles. The Morgan fingerprint density at radius 2 is 2.22 bits per heavy atom. The molecule has 3 aliphatic rings. The Kier molecular flexibility index (Phi) is 6.13. The van der Waals surface area contributed by atoms with Gasteiger partial charge in [-0.3, -0.25) is 4.98 Å². The smallest absolute Gasteiger partial charge is 0.131 e. The number of aliphatic hydroxyl groups is 1. The zero-order valence-corrected chi connectivity index (χ0v) is 18.3. The number of hydrogen-bond donors (Lipinski definition) is 1. The van der Waals surface area contributed by atoms with Gasteiger partial charge in [0, 0.05) is 30.3 Å². The molecule has 2 unspecified atom stereocenters. The molecule has 3 saturated heterocycles. The number of pyridine rings is 1. The highest BCUT2D eigenvalue weighted by molar-refractivity contribution is 5.83. The second-order valence-corrected chi connectivity index (χ2v) is 7.92. The summed E-state index contributed by atoms with van der Waals surface area (Å²) in [5, 5.41) is 12.5. The molecule has 2 bridgehead atoms. The van der Waals surface area contributed by atoms with Crippen molar-refractivity contribution in [3.05, 3.63) is 48.7 Å². The third-order valence-corrected chi connectivity index (χ3v) is 6.97. The maximum Gasteiger partial charge on any atom is 0.131 e. The quantitative estimate of drug-likeness (QED) is 0.390. The molecule has 0 amide bonds. The fourth-order valence-electron chi connectivity index (χ4n) is 5.38. The Morgan fingerprint density at radius 1 is 1.41 bits per heavy atom. The number of aliphatic hydroxyl groups excluding tert-OH is 1. The summed E-state index contributed by atoms with van der Waals surface area (Å²) in [4.78, 5) is 4.47. The van der Waals surface area contributed by atoms with Crippen molar-refractivity contribution in [2.45, 2.75) is 31.9 Å². The Labute approximate surface area is 178 Å². The molecule has 4 nitrogen and oxygen atoms in total. The number of benzene rings is 1. The summed E-state index contributed by atoms with van der Waals surface area (Å²) in [7, 11) is 1.67. The molecule has 146 valence electrons. The molecule has 0 spiro atoms. The molecular formula is C22H29IN2O2. The molecular weight excluding hydrogens is 451 g/mol. The van der Waals surface area contributed by atoms with E-state index < -0.39 is 6.10 Å².